The molecule has 6 heteroatoms. The number of carbonyl (C=O) groups is 1. The molecule has 0 fully saturated rings. The van der Waals surface area contributed by atoms with Crippen molar-refractivity contribution in [1.82, 2.24) is 10.6 Å². The first-order chi connectivity index (χ1) is 10.1. The second-order valence-corrected chi connectivity index (χ2v) is 4.63. The summed E-state index contributed by atoms with van der Waals surface area (Å²) in [6.07, 6.45) is 1.38. The minimum atomic E-state index is -0.267. The number of benzene rings is 1. The average molecular weight is 296 g/mol. The van der Waals surface area contributed by atoms with E-state index in [1.165, 1.54) is 0 Å². The van der Waals surface area contributed by atoms with E-state index in [0.717, 1.165) is 5.56 Å². The Morgan fingerprint density at radius 2 is 2.00 bits per heavy atom. The van der Waals surface area contributed by atoms with Gasteiger partial charge in [0.15, 0.2) is 11.5 Å². The van der Waals surface area contributed by atoms with Gasteiger partial charge in [-0.25, -0.2) is 4.79 Å². The Morgan fingerprint density at radius 3 is 2.57 bits per heavy atom. The molecular formula is C15H24N2O4. The fraction of sp³-hybridized carbons (Fsp3) is 0.533. The molecule has 1 rings (SSSR count). The van der Waals surface area contributed by atoms with Crippen LogP contribution in [0.25, 0.3) is 0 Å². The summed E-state index contributed by atoms with van der Waals surface area (Å²) in [5.41, 5.74) is 1.04. The van der Waals surface area contributed by atoms with Crippen molar-refractivity contribution in [2.75, 3.05) is 27.4 Å². The smallest absolute Gasteiger partial charge is 0.315 e. The van der Waals surface area contributed by atoms with Gasteiger partial charge in [-0.05, 0) is 30.5 Å². The summed E-state index contributed by atoms with van der Waals surface area (Å²) in [5, 5.41) is 14.5. The molecule has 0 bridgehead atoms. The maximum atomic E-state index is 11.6. The van der Waals surface area contributed by atoms with Crippen LogP contribution in [0.3, 0.4) is 0 Å². The molecule has 1 aromatic rings. The molecule has 6 nitrogen and oxygen atoms in total. The fourth-order valence-electron chi connectivity index (χ4n) is 1.87. The quantitative estimate of drug-likeness (QED) is 0.676. The first kappa shape index (κ1) is 17.1. The minimum absolute atomic E-state index is 0.0560. The van der Waals surface area contributed by atoms with E-state index in [4.69, 9.17) is 14.6 Å². The number of amides is 2. The van der Waals surface area contributed by atoms with Gasteiger partial charge in [0.2, 0.25) is 0 Å². The van der Waals surface area contributed by atoms with Crippen LogP contribution in [-0.4, -0.2) is 44.6 Å². The van der Waals surface area contributed by atoms with Crippen LogP contribution >= 0.6 is 0 Å². The van der Waals surface area contributed by atoms with Crippen molar-refractivity contribution in [3.8, 4) is 11.5 Å². The second kappa shape index (κ2) is 9.07. The number of methoxy groups -OCH3 is 2. The number of ether oxygens (including phenoxy) is 2. The Balaban J connectivity index is 2.43. The number of rotatable bonds is 8. The van der Waals surface area contributed by atoms with Crippen molar-refractivity contribution >= 4 is 6.03 Å². The third-order valence-corrected chi connectivity index (χ3v) is 3.20. The lowest BCUT2D eigenvalue weighted by atomic mass is 10.1. The lowest BCUT2D eigenvalue weighted by Gasteiger charge is -2.15. The highest BCUT2D eigenvalue weighted by Crippen LogP contribution is 2.27. The van der Waals surface area contributed by atoms with E-state index in [1.54, 1.807) is 14.2 Å². The van der Waals surface area contributed by atoms with Gasteiger partial charge in [0.1, 0.15) is 0 Å². The Kier molecular flexibility index (Phi) is 7.39. The molecule has 0 heterocycles. The van der Waals surface area contributed by atoms with Crippen molar-refractivity contribution in [3.63, 3.8) is 0 Å². The molecule has 0 saturated carbocycles. The predicted octanol–water partition coefficient (Wildman–Crippen LogP) is 1.32. The zero-order valence-electron chi connectivity index (χ0n) is 12.8. The predicted molar refractivity (Wildman–Crippen MR) is 80.9 cm³/mol. The van der Waals surface area contributed by atoms with E-state index in [9.17, 15) is 4.79 Å². The number of carbonyl (C=O) groups excluding carboxylic acids is 1. The first-order valence-corrected chi connectivity index (χ1v) is 7.00. The number of hydrogen-bond acceptors (Lipinski definition) is 4. The molecule has 0 radical (unpaired) electrons. The molecule has 118 valence electrons. The second-order valence-electron chi connectivity index (χ2n) is 4.63. The topological polar surface area (TPSA) is 79.8 Å². The molecule has 0 aliphatic rings. The Hall–Kier alpha value is -1.95. The van der Waals surface area contributed by atoms with Gasteiger partial charge in [0.25, 0.3) is 0 Å². The van der Waals surface area contributed by atoms with Crippen molar-refractivity contribution in [2.45, 2.75) is 25.8 Å². The molecule has 3 N–H and O–H groups in total. The van der Waals surface area contributed by atoms with E-state index in [-0.39, 0.29) is 18.7 Å². The number of nitrogens with one attached hydrogen (secondary N) is 2. The highest BCUT2D eigenvalue weighted by Gasteiger charge is 2.08. The highest BCUT2D eigenvalue weighted by atomic mass is 16.5. The molecule has 0 aliphatic carbocycles. The van der Waals surface area contributed by atoms with Gasteiger partial charge in [0.05, 0.1) is 26.9 Å². The molecule has 0 unspecified atom stereocenters. The van der Waals surface area contributed by atoms with Crippen molar-refractivity contribution in [2.24, 2.45) is 0 Å². The van der Waals surface area contributed by atoms with Crippen LogP contribution in [0.1, 0.15) is 18.9 Å². The summed E-state index contributed by atoms with van der Waals surface area (Å²) >= 11 is 0. The maximum absolute atomic E-state index is 11.6. The van der Waals surface area contributed by atoms with Crippen LogP contribution in [0.4, 0.5) is 4.79 Å². The Morgan fingerprint density at radius 1 is 1.29 bits per heavy atom. The van der Waals surface area contributed by atoms with E-state index in [1.807, 2.05) is 25.1 Å². The van der Waals surface area contributed by atoms with Crippen LogP contribution < -0.4 is 20.1 Å². The number of hydrogen-bond donors (Lipinski definition) is 3. The summed E-state index contributed by atoms with van der Waals surface area (Å²) in [4.78, 5) is 11.6. The van der Waals surface area contributed by atoms with Gasteiger partial charge in [-0.3, -0.25) is 0 Å². The van der Waals surface area contributed by atoms with E-state index >= 15 is 0 Å². The van der Waals surface area contributed by atoms with Crippen LogP contribution in [0, 0.1) is 0 Å². The van der Waals surface area contributed by atoms with Crippen molar-refractivity contribution in [1.29, 1.82) is 0 Å². The molecule has 0 aromatic heterocycles. The molecule has 2 amide bonds. The number of aliphatic hydroxyl groups excluding tert-OH is 1. The van der Waals surface area contributed by atoms with Gasteiger partial charge < -0.3 is 25.2 Å². The molecule has 0 spiro atoms. The highest BCUT2D eigenvalue weighted by molar-refractivity contribution is 5.74. The molecule has 21 heavy (non-hydrogen) atoms. The van der Waals surface area contributed by atoms with E-state index < -0.39 is 0 Å². The molecule has 1 aromatic carbocycles. The lowest BCUT2D eigenvalue weighted by Crippen LogP contribution is -2.44. The summed E-state index contributed by atoms with van der Waals surface area (Å²) in [6.45, 7) is 2.35. The van der Waals surface area contributed by atoms with Crippen LogP contribution in [0.5, 0.6) is 11.5 Å². The first-order valence-electron chi connectivity index (χ1n) is 7.00. The zero-order chi connectivity index (χ0) is 15.7. The summed E-state index contributed by atoms with van der Waals surface area (Å²) < 4.78 is 10.4. The lowest BCUT2D eigenvalue weighted by molar-refractivity contribution is 0.214. The van der Waals surface area contributed by atoms with E-state index in [2.05, 4.69) is 10.6 Å². The Labute approximate surface area is 125 Å². The minimum Gasteiger partial charge on any atom is -0.493 e. The Bertz CT molecular complexity index is 447. The van der Waals surface area contributed by atoms with Gasteiger partial charge in [-0.15, -0.1) is 0 Å². The third-order valence-electron chi connectivity index (χ3n) is 3.20. The monoisotopic (exact) mass is 296 g/mol. The normalized spacial score (nSPS) is 11.6. The summed E-state index contributed by atoms with van der Waals surface area (Å²) in [5.74, 6) is 1.35. The summed E-state index contributed by atoms with van der Waals surface area (Å²) in [6, 6.07) is 5.19. The van der Waals surface area contributed by atoms with Crippen LogP contribution in [-0.2, 0) is 6.42 Å². The third kappa shape index (κ3) is 5.51. The summed E-state index contributed by atoms with van der Waals surface area (Å²) in [7, 11) is 3.18. The van der Waals surface area contributed by atoms with Gasteiger partial charge >= 0.3 is 6.03 Å². The van der Waals surface area contributed by atoms with Crippen molar-refractivity contribution in [3.05, 3.63) is 23.8 Å². The van der Waals surface area contributed by atoms with Gasteiger partial charge in [0, 0.05) is 6.54 Å². The van der Waals surface area contributed by atoms with Crippen molar-refractivity contribution < 1.29 is 19.4 Å². The molecule has 0 saturated heterocycles. The van der Waals surface area contributed by atoms with E-state index in [0.29, 0.717) is 30.9 Å². The number of urea groups is 1. The zero-order valence-corrected chi connectivity index (χ0v) is 12.8. The average Bonchev–Trinajstić information content (AvgIpc) is 2.52. The largest absolute Gasteiger partial charge is 0.493 e. The molecule has 0 aliphatic heterocycles. The van der Waals surface area contributed by atoms with Crippen LogP contribution in [0.2, 0.25) is 0 Å². The molecule has 1 atom stereocenters. The maximum Gasteiger partial charge on any atom is 0.315 e. The SMILES string of the molecule is CC[C@H](CO)NC(=O)NCCc1ccc(OC)c(OC)c1. The fourth-order valence-corrected chi connectivity index (χ4v) is 1.87. The van der Waals surface area contributed by atoms with Crippen LogP contribution in [0.15, 0.2) is 18.2 Å². The standard InChI is InChI=1S/C15H24N2O4/c1-4-12(10-18)17-15(19)16-8-7-11-5-6-13(20-2)14(9-11)21-3/h5-6,9,12,18H,4,7-8,10H2,1-3H3,(H2,16,17,19)/t12-/m1/s1. The van der Waals surface area contributed by atoms with Gasteiger partial charge in [-0.2, -0.15) is 0 Å². The number of aliphatic hydroxyl groups is 1. The van der Waals surface area contributed by atoms with Gasteiger partial charge in [-0.1, -0.05) is 13.0 Å². The molecular weight excluding hydrogens is 272 g/mol.